The molecule has 0 fully saturated rings. The van der Waals surface area contributed by atoms with Crippen LogP contribution in [0.15, 0.2) is 54.9 Å². The lowest BCUT2D eigenvalue weighted by molar-refractivity contribution is -0.137. The summed E-state index contributed by atoms with van der Waals surface area (Å²) in [6, 6.07) is 11.9. The molecule has 0 amide bonds. The van der Waals surface area contributed by atoms with Gasteiger partial charge in [-0.25, -0.2) is 9.67 Å². The van der Waals surface area contributed by atoms with Crippen molar-refractivity contribution in [2.75, 3.05) is 0 Å². The molecule has 0 N–H and O–H groups in total. The molecule has 2 aromatic heterocycles. The van der Waals surface area contributed by atoms with Crippen molar-refractivity contribution < 1.29 is 18.0 Å². The lowest BCUT2D eigenvalue weighted by Gasteiger charge is -2.06. The third-order valence-corrected chi connectivity index (χ3v) is 3.75. The molecule has 0 bridgehead atoms. The summed E-state index contributed by atoms with van der Waals surface area (Å²) in [5.74, 6) is 0.224. The fourth-order valence-corrected chi connectivity index (χ4v) is 2.43. The number of carbonyl (C=O) groups is 1. The van der Waals surface area contributed by atoms with E-state index in [1.807, 2.05) is 30.3 Å². The number of halogens is 3. The molecule has 25 heavy (non-hydrogen) atoms. The number of aldehydes is 1. The van der Waals surface area contributed by atoms with Gasteiger partial charge in [0.15, 0.2) is 12.1 Å². The number of pyridine rings is 1. The second-order valence-electron chi connectivity index (χ2n) is 5.48. The first-order valence-corrected chi connectivity index (χ1v) is 7.58. The van der Waals surface area contributed by atoms with E-state index in [-0.39, 0.29) is 5.82 Å². The fraction of sp³-hybridized carbons (Fsp3) is 0.167. The van der Waals surface area contributed by atoms with Crippen molar-refractivity contribution in [2.24, 2.45) is 0 Å². The number of benzene rings is 1. The summed E-state index contributed by atoms with van der Waals surface area (Å²) < 4.78 is 39.1. The van der Waals surface area contributed by atoms with Crippen molar-refractivity contribution in [2.45, 2.75) is 19.0 Å². The van der Waals surface area contributed by atoms with Gasteiger partial charge in [-0.15, -0.1) is 0 Å². The van der Waals surface area contributed by atoms with E-state index in [1.54, 1.807) is 0 Å². The molecule has 7 heteroatoms. The summed E-state index contributed by atoms with van der Waals surface area (Å²) in [4.78, 5) is 15.0. The number of alkyl halides is 3. The number of hydrogen-bond acceptors (Lipinski definition) is 3. The van der Waals surface area contributed by atoms with E-state index in [1.165, 1.54) is 16.9 Å². The molecule has 3 aromatic rings. The molecule has 0 atom stereocenters. The van der Waals surface area contributed by atoms with Crippen molar-refractivity contribution in [1.29, 1.82) is 0 Å². The Hall–Kier alpha value is -2.96. The van der Waals surface area contributed by atoms with Gasteiger partial charge in [-0.1, -0.05) is 30.3 Å². The average Bonchev–Trinajstić information content (AvgIpc) is 3.03. The zero-order chi connectivity index (χ0) is 17.9. The van der Waals surface area contributed by atoms with E-state index in [0.717, 1.165) is 17.8 Å². The lowest BCUT2D eigenvalue weighted by Crippen LogP contribution is -2.07. The molecule has 0 radical (unpaired) electrons. The SMILES string of the molecule is O=Cc1cn(-c2ccc(C(F)(F)F)cn2)nc1CCc1ccccc1. The highest BCUT2D eigenvalue weighted by molar-refractivity contribution is 5.76. The Balaban J connectivity index is 1.81. The van der Waals surface area contributed by atoms with Crippen LogP contribution in [0.1, 0.15) is 27.2 Å². The standard InChI is InChI=1S/C18H14F3N3O/c19-18(20,21)15-7-9-17(22-10-15)24-11-14(12-25)16(23-24)8-6-13-4-2-1-3-5-13/h1-5,7,9-12H,6,8H2. The molecule has 0 unspecified atom stereocenters. The Labute approximate surface area is 141 Å². The van der Waals surface area contributed by atoms with Crippen molar-refractivity contribution in [3.05, 3.63) is 77.2 Å². The van der Waals surface area contributed by atoms with E-state index in [4.69, 9.17) is 0 Å². The molecule has 2 heterocycles. The molecule has 0 aliphatic heterocycles. The molecule has 128 valence electrons. The summed E-state index contributed by atoms with van der Waals surface area (Å²) in [6.45, 7) is 0. The number of aryl methyl sites for hydroxylation is 2. The summed E-state index contributed by atoms with van der Waals surface area (Å²) in [5.41, 5.74) is 1.27. The van der Waals surface area contributed by atoms with Crippen LogP contribution < -0.4 is 0 Å². The van der Waals surface area contributed by atoms with Crippen LogP contribution in [0.4, 0.5) is 13.2 Å². The van der Waals surface area contributed by atoms with Gasteiger partial charge in [-0.3, -0.25) is 4.79 Å². The maximum absolute atomic E-state index is 12.6. The Morgan fingerprint density at radius 2 is 1.80 bits per heavy atom. The van der Waals surface area contributed by atoms with E-state index >= 15 is 0 Å². The number of aromatic nitrogens is 3. The molecular weight excluding hydrogens is 331 g/mol. The van der Waals surface area contributed by atoms with E-state index in [2.05, 4.69) is 10.1 Å². The van der Waals surface area contributed by atoms with E-state index in [9.17, 15) is 18.0 Å². The van der Waals surface area contributed by atoms with Crippen molar-refractivity contribution >= 4 is 6.29 Å². The van der Waals surface area contributed by atoms with Crippen LogP contribution >= 0.6 is 0 Å². The van der Waals surface area contributed by atoms with Crippen LogP contribution in [-0.2, 0) is 19.0 Å². The highest BCUT2D eigenvalue weighted by Crippen LogP contribution is 2.28. The molecule has 4 nitrogen and oxygen atoms in total. The highest BCUT2D eigenvalue weighted by atomic mass is 19.4. The third kappa shape index (κ3) is 3.93. The average molecular weight is 345 g/mol. The largest absolute Gasteiger partial charge is 0.417 e. The molecule has 0 saturated carbocycles. The minimum absolute atomic E-state index is 0.224. The molecule has 3 rings (SSSR count). The maximum Gasteiger partial charge on any atom is 0.417 e. The molecular formula is C18H14F3N3O. The molecule has 0 spiro atoms. The monoisotopic (exact) mass is 345 g/mol. The summed E-state index contributed by atoms with van der Waals surface area (Å²) in [7, 11) is 0. The van der Waals surface area contributed by atoms with Gasteiger partial charge in [-0.2, -0.15) is 18.3 Å². The molecule has 1 aromatic carbocycles. The third-order valence-electron chi connectivity index (χ3n) is 3.75. The van der Waals surface area contributed by atoms with Crippen molar-refractivity contribution in [3.8, 4) is 5.82 Å². The maximum atomic E-state index is 12.6. The summed E-state index contributed by atoms with van der Waals surface area (Å²) in [6.07, 6.45) is -0.270. The predicted molar refractivity (Wildman–Crippen MR) is 85.6 cm³/mol. The minimum atomic E-state index is -4.44. The van der Waals surface area contributed by atoms with Gasteiger partial charge in [0.2, 0.25) is 0 Å². The first kappa shape index (κ1) is 16.9. The van der Waals surface area contributed by atoms with Crippen molar-refractivity contribution in [3.63, 3.8) is 0 Å². The van der Waals surface area contributed by atoms with Crippen LogP contribution in [0.5, 0.6) is 0 Å². The Kier molecular flexibility index (Phi) is 4.65. The Morgan fingerprint density at radius 1 is 1.04 bits per heavy atom. The second kappa shape index (κ2) is 6.88. The summed E-state index contributed by atoms with van der Waals surface area (Å²) >= 11 is 0. The van der Waals surface area contributed by atoms with Gasteiger partial charge in [0.1, 0.15) is 0 Å². The van der Waals surface area contributed by atoms with Crippen LogP contribution in [0.25, 0.3) is 5.82 Å². The smallest absolute Gasteiger partial charge is 0.298 e. The summed E-state index contributed by atoms with van der Waals surface area (Å²) in [5, 5.41) is 4.30. The van der Waals surface area contributed by atoms with E-state index in [0.29, 0.717) is 30.4 Å². The zero-order valence-corrected chi connectivity index (χ0v) is 13.1. The normalized spacial score (nSPS) is 11.5. The number of nitrogens with zero attached hydrogens (tertiary/aromatic N) is 3. The number of hydrogen-bond donors (Lipinski definition) is 0. The van der Waals surface area contributed by atoms with Crippen molar-refractivity contribution in [1.82, 2.24) is 14.8 Å². The van der Waals surface area contributed by atoms with Crippen LogP contribution in [0, 0.1) is 0 Å². The molecule has 0 aliphatic rings. The van der Waals surface area contributed by atoms with Gasteiger partial charge in [-0.05, 0) is 30.5 Å². The topological polar surface area (TPSA) is 47.8 Å². The first-order valence-electron chi connectivity index (χ1n) is 7.58. The van der Waals surface area contributed by atoms with Crippen LogP contribution in [-0.4, -0.2) is 21.1 Å². The van der Waals surface area contributed by atoms with Gasteiger partial charge >= 0.3 is 6.18 Å². The minimum Gasteiger partial charge on any atom is -0.298 e. The van der Waals surface area contributed by atoms with E-state index < -0.39 is 11.7 Å². The second-order valence-corrected chi connectivity index (χ2v) is 5.48. The number of rotatable bonds is 5. The van der Waals surface area contributed by atoms with Gasteiger partial charge < -0.3 is 0 Å². The highest BCUT2D eigenvalue weighted by Gasteiger charge is 2.30. The Bertz CT molecular complexity index is 856. The predicted octanol–water partition coefficient (Wildman–Crippen LogP) is 3.88. The van der Waals surface area contributed by atoms with Gasteiger partial charge in [0.05, 0.1) is 16.8 Å². The zero-order valence-electron chi connectivity index (χ0n) is 13.1. The quantitative estimate of drug-likeness (QED) is 0.659. The Morgan fingerprint density at radius 3 is 2.40 bits per heavy atom. The van der Waals surface area contributed by atoms with Crippen LogP contribution in [0.3, 0.4) is 0 Å². The number of carbonyl (C=O) groups excluding carboxylic acids is 1. The molecule has 0 saturated heterocycles. The first-order chi connectivity index (χ1) is 12.0. The fourth-order valence-electron chi connectivity index (χ4n) is 2.43. The van der Waals surface area contributed by atoms with Crippen LogP contribution in [0.2, 0.25) is 0 Å². The van der Waals surface area contributed by atoms with Gasteiger partial charge in [0, 0.05) is 12.4 Å². The lowest BCUT2D eigenvalue weighted by atomic mass is 10.1. The molecule has 0 aliphatic carbocycles. The van der Waals surface area contributed by atoms with Gasteiger partial charge in [0.25, 0.3) is 0 Å².